The predicted octanol–water partition coefficient (Wildman–Crippen LogP) is 0.502. The van der Waals surface area contributed by atoms with E-state index in [4.69, 9.17) is 4.74 Å². The summed E-state index contributed by atoms with van der Waals surface area (Å²) in [5.41, 5.74) is 1.40. The van der Waals surface area contributed by atoms with Gasteiger partial charge in [0, 0.05) is 13.1 Å². The van der Waals surface area contributed by atoms with Crippen LogP contribution in [0, 0.1) is 0 Å². The molecule has 0 heterocycles. The molecule has 0 fully saturated rings. The van der Waals surface area contributed by atoms with Crippen molar-refractivity contribution in [1.29, 1.82) is 0 Å². The van der Waals surface area contributed by atoms with Crippen LogP contribution in [-0.2, 0) is 21.3 Å². The van der Waals surface area contributed by atoms with E-state index >= 15 is 0 Å². The fourth-order valence-corrected chi connectivity index (χ4v) is 2.19. The van der Waals surface area contributed by atoms with Crippen LogP contribution in [0.1, 0.15) is 22.3 Å². The zero-order valence-electron chi connectivity index (χ0n) is 11.7. The molecule has 0 spiro atoms. The molecule has 0 saturated heterocycles. The number of hydrogen-bond donors (Lipinski definition) is 2. The van der Waals surface area contributed by atoms with E-state index in [0.717, 1.165) is 11.8 Å². The number of carbonyl (C=O) groups is 1. The minimum atomic E-state index is -3.12. The summed E-state index contributed by atoms with van der Waals surface area (Å²) in [6.45, 7) is 1.58. The summed E-state index contributed by atoms with van der Waals surface area (Å²) >= 11 is 0. The lowest BCUT2D eigenvalue weighted by Crippen LogP contribution is -2.26. The first-order valence-electron chi connectivity index (χ1n) is 6.25. The highest BCUT2D eigenvalue weighted by atomic mass is 32.2. The third kappa shape index (κ3) is 6.14. The van der Waals surface area contributed by atoms with Crippen LogP contribution in [0.4, 0.5) is 0 Å². The van der Waals surface area contributed by atoms with Gasteiger partial charge in [0.05, 0.1) is 18.9 Å². The number of hydrogen-bond acceptors (Lipinski definition) is 5. The highest BCUT2D eigenvalue weighted by molar-refractivity contribution is 7.88. The Hall–Kier alpha value is -1.44. The highest BCUT2D eigenvalue weighted by Crippen LogP contribution is 2.09. The Labute approximate surface area is 119 Å². The number of carbonyl (C=O) groups excluding carboxylic acids is 1. The lowest BCUT2D eigenvalue weighted by Gasteiger charge is -2.09. The number of esters is 1. The summed E-state index contributed by atoms with van der Waals surface area (Å²) in [4.78, 5) is 11.6. The van der Waals surface area contributed by atoms with E-state index in [1.54, 1.807) is 12.1 Å². The molecule has 0 aliphatic heterocycles. The molecule has 1 rings (SSSR count). The molecule has 0 bridgehead atoms. The monoisotopic (exact) mass is 300 g/mol. The van der Waals surface area contributed by atoms with Gasteiger partial charge >= 0.3 is 5.97 Å². The van der Waals surface area contributed by atoms with Crippen LogP contribution in [-0.4, -0.2) is 40.8 Å². The Morgan fingerprint density at radius 2 is 1.95 bits per heavy atom. The van der Waals surface area contributed by atoms with Gasteiger partial charge < -0.3 is 10.1 Å². The van der Waals surface area contributed by atoms with Gasteiger partial charge in [0.1, 0.15) is 0 Å². The molecule has 20 heavy (non-hydrogen) atoms. The van der Waals surface area contributed by atoms with E-state index in [0.29, 0.717) is 31.6 Å². The smallest absolute Gasteiger partial charge is 0.338 e. The fraction of sp³-hybridized carbons (Fsp3) is 0.462. The van der Waals surface area contributed by atoms with Crippen molar-refractivity contribution < 1.29 is 17.9 Å². The lowest BCUT2D eigenvalue weighted by molar-refractivity contribution is 0.0599. The molecular formula is C13H20N2O4S. The van der Waals surface area contributed by atoms with Gasteiger partial charge in [0.2, 0.25) is 10.0 Å². The molecule has 0 unspecified atom stereocenters. The number of ether oxygens (including phenoxy) is 1. The largest absolute Gasteiger partial charge is 0.465 e. The Bertz CT molecular complexity index is 543. The van der Waals surface area contributed by atoms with Crippen molar-refractivity contribution in [3.8, 4) is 0 Å². The van der Waals surface area contributed by atoms with Gasteiger partial charge in [-0.25, -0.2) is 17.9 Å². The van der Waals surface area contributed by atoms with E-state index < -0.39 is 10.0 Å². The van der Waals surface area contributed by atoms with Crippen molar-refractivity contribution in [2.45, 2.75) is 13.0 Å². The van der Waals surface area contributed by atoms with E-state index in [9.17, 15) is 13.2 Å². The van der Waals surface area contributed by atoms with Crippen LogP contribution in [0.3, 0.4) is 0 Å². The van der Waals surface area contributed by atoms with Crippen LogP contribution >= 0.6 is 0 Å². The predicted molar refractivity (Wildman–Crippen MR) is 77.0 cm³/mol. The molecule has 0 radical (unpaired) electrons. The van der Waals surface area contributed by atoms with E-state index in [1.165, 1.54) is 7.11 Å². The maximum Gasteiger partial charge on any atom is 0.338 e. The molecule has 0 atom stereocenters. The minimum absolute atomic E-state index is 0.360. The average Bonchev–Trinajstić information content (AvgIpc) is 2.41. The van der Waals surface area contributed by atoms with Gasteiger partial charge in [0.25, 0.3) is 0 Å². The van der Waals surface area contributed by atoms with Crippen LogP contribution in [0.25, 0.3) is 0 Å². The third-order valence-corrected chi connectivity index (χ3v) is 3.36. The number of methoxy groups -OCH3 is 1. The highest BCUT2D eigenvalue weighted by Gasteiger charge is 2.10. The second kappa shape index (κ2) is 7.98. The first-order valence-corrected chi connectivity index (χ1v) is 8.15. The van der Waals surface area contributed by atoms with E-state index in [-0.39, 0.29) is 5.97 Å². The molecule has 7 heteroatoms. The van der Waals surface area contributed by atoms with Gasteiger partial charge in [-0.05, 0) is 24.6 Å². The Morgan fingerprint density at radius 3 is 2.60 bits per heavy atom. The van der Waals surface area contributed by atoms with Crippen molar-refractivity contribution in [3.05, 3.63) is 35.4 Å². The average molecular weight is 300 g/mol. The van der Waals surface area contributed by atoms with Crippen LogP contribution in [0.15, 0.2) is 24.3 Å². The fourth-order valence-electron chi connectivity index (χ4n) is 1.68. The molecule has 0 aromatic heterocycles. The summed E-state index contributed by atoms with van der Waals surface area (Å²) in [6.07, 6.45) is 1.81. The van der Waals surface area contributed by atoms with E-state index in [2.05, 4.69) is 10.0 Å². The molecule has 6 nitrogen and oxygen atoms in total. The van der Waals surface area contributed by atoms with Crippen molar-refractivity contribution in [3.63, 3.8) is 0 Å². The number of sulfonamides is 1. The first-order chi connectivity index (χ1) is 9.44. The topological polar surface area (TPSA) is 84.5 Å². The van der Waals surface area contributed by atoms with Crippen LogP contribution in [0.5, 0.6) is 0 Å². The second-order valence-corrected chi connectivity index (χ2v) is 6.18. The van der Waals surface area contributed by atoms with Crippen LogP contribution in [0.2, 0.25) is 0 Å². The summed E-state index contributed by atoms with van der Waals surface area (Å²) in [5, 5.41) is 3.16. The molecule has 0 aliphatic rings. The molecule has 1 aromatic carbocycles. The standard InChI is InChI=1S/C13H20N2O4S/c1-19-13(16)12-7-4-3-6-11(12)10-14-8-5-9-15-20(2,17)18/h3-4,6-7,14-15H,5,8-10H2,1-2H3. The number of rotatable bonds is 8. The van der Waals surface area contributed by atoms with Crippen molar-refractivity contribution in [1.82, 2.24) is 10.0 Å². The molecule has 1 aromatic rings. The zero-order valence-corrected chi connectivity index (χ0v) is 12.5. The quantitative estimate of drug-likeness (QED) is 0.539. The van der Waals surface area contributed by atoms with Crippen molar-refractivity contribution in [2.75, 3.05) is 26.5 Å². The molecule has 0 saturated carbocycles. The number of benzene rings is 1. The first kappa shape index (κ1) is 16.6. The minimum Gasteiger partial charge on any atom is -0.465 e. The molecular weight excluding hydrogens is 280 g/mol. The zero-order chi connectivity index (χ0) is 15.0. The Kier molecular flexibility index (Phi) is 6.63. The summed E-state index contributed by atoms with van der Waals surface area (Å²) < 4.78 is 28.8. The van der Waals surface area contributed by atoms with Gasteiger partial charge in [-0.2, -0.15) is 0 Å². The Morgan fingerprint density at radius 1 is 1.25 bits per heavy atom. The summed E-state index contributed by atoms with van der Waals surface area (Å²) in [5.74, 6) is -0.360. The van der Waals surface area contributed by atoms with Gasteiger partial charge in [-0.15, -0.1) is 0 Å². The maximum atomic E-state index is 11.6. The van der Waals surface area contributed by atoms with Crippen LogP contribution < -0.4 is 10.0 Å². The van der Waals surface area contributed by atoms with Crippen molar-refractivity contribution >= 4 is 16.0 Å². The van der Waals surface area contributed by atoms with Gasteiger partial charge in [0.15, 0.2) is 0 Å². The molecule has 0 aliphatic carbocycles. The summed E-state index contributed by atoms with van der Waals surface area (Å²) in [7, 11) is -1.77. The Balaban J connectivity index is 2.37. The SMILES string of the molecule is COC(=O)c1ccccc1CNCCCNS(C)(=O)=O. The van der Waals surface area contributed by atoms with Gasteiger partial charge in [-0.1, -0.05) is 18.2 Å². The molecule has 0 amide bonds. The maximum absolute atomic E-state index is 11.6. The van der Waals surface area contributed by atoms with Gasteiger partial charge in [-0.3, -0.25) is 0 Å². The molecule has 2 N–H and O–H groups in total. The normalized spacial score (nSPS) is 11.3. The molecule has 112 valence electrons. The van der Waals surface area contributed by atoms with Crippen molar-refractivity contribution in [2.24, 2.45) is 0 Å². The second-order valence-electron chi connectivity index (χ2n) is 4.35. The summed E-state index contributed by atoms with van der Waals surface area (Å²) in [6, 6.07) is 7.21. The number of nitrogens with one attached hydrogen (secondary N) is 2. The lowest BCUT2D eigenvalue weighted by atomic mass is 10.1. The third-order valence-electron chi connectivity index (χ3n) is 2.63. The van der Waals surface area contributed by atoms with E-state index in [1.807, 2.05) is 12.1 Å².